The second-order valence-electron chi connectivity index (χ2n) is 8.17. The van der Waals surface area contributed by atoms with Gasteiger partial charge in [-0.25, -0.2) is 8.42 Å². The second-order valence-corrected chi connectivity index (χ2v) is 10.1. The molecule has 8 nitrogen and oxygen atoms in total. The third-order valence-corrected chi connectivity index (χ3v) is 6.70. The minimum Gasteiger partial charge on any atom is -0.492 e. The molecule has 1 atom stereocenters. The van der Waals surface area contributed by atoms with Gasteiger partial charge in [-0.3, -0.25) is 13.9 Å². The number of rotatable bonds is 14. The molecule has 0 fully saturated rings. The average Bonchev–Trinajstić information content (AvgIpc) is 2.82. The summed E-state index contributed by atoms with van der Waals surface area (Å²) in [5.41, 5.74) is 1.37. The lowest BCUT2D eigenvalue weighted by Gasteiger charge is -2.31. The van der Waals surface area contributed by atoms with Crippen LogP contribution in [0.4, 0.5) is 5.69 Å². The lowest BCUT2D eigenvalue weighted by atomic mass is 10.1. The molecule has 2 rings (SSSR count). The van der Waals surface area contributed by atoms with Crippen molar-refractivity contribution in [2.75, 3.05) is 30.3 Å². The largest absolute Gasteiger partial charge is 0.492 e. The van der Waals surface area contributed by atoms with Crippen LogP contribution in [0.15, 0.2) is 54.6 Å². The van der Waals surface area contributed by atoms with Crippen molar-refractivity contribution in [1.29, 1.82) is 0 Å². The monoisotopic (exact) mass is 503 g/mol. The summed E-state index contributed by atoms with van der Waals surface area (Å²) in [5, 5.41) is 2.82. The predicted octanol–water partition coefficient (Wildman–Crippen LogP) is 3.58. The van der Waals surface area contributed by atoms with E-state index in [9.17, 15) is 18.0 Å². The number of nitrogens with one attached hydrogen (secondary N) is 1. The highest BCUT2D eigenvalue weighted by atomic mass is 32.2. The van der Waals surface area contributed by atoms with Crippen LogP contribution in [0.5, 0.6) is 5.75 Å². The predicted molar refractivity (Wildman–Crippen MR) is 139 cm³/mol. The first kappa shape index (κ1) is 28.2. The van der Waals surface area contributed by atoms with Gasteiger partial charge in [0.1, 0.15) is 11.8 Å². The maximum atomic E-state index is 13.3. The van der Waals surface area contributed by atoms with Crippen molar-refractivity contribution >= 4 is 27.5 Å². The van der Waals surface area contributed by atoms with Gasteiger partial charge in [0.2, 0.25) is 21.8 Å². The lowest BCUT2D eigenvalue weighted by molar-refractivity contribution is -0.141. The molecule has 0 saturated heterocycles. The minimum absolute atomic E-state index is 0.103. The molecule has 2 aromatic rings. The van der Waals surface area contributed by atoms with Gasteiger partial charge in [0, 0.05) is 26.1 Å². The average molecular weight is 504 g/mol. The number of sulfonamides is 1. The van der Waals surface area contributed by atoms with Gasteiger partial charge in [-0.1, -0.05) is 49.4 Å². The maximum absolute atomic E-state index is 13.3. The molecule has 0 saturated carbocycles. The highest BCUT2D eigenvalue weighted by molar-refractivity contribution is 7.92. The molecule has 0 unspecified atom stereocenters. The number of ether oxygens (including phenoxy) is 1. The summed E-state index contributed by atoms with van der Waals surface area (Å²) in [6.07, 6.45) is 2.01. The zero-order valence-corrected chi connectivity index (χ0v) is 21.9. The van der Waals surface area contributed by atoms with Crippen LogP contribution < -0.4 is 14.4 Å². The molecule has 1 N–H and O–H groups in total. The molecule has 192 valence electrons. The Bertz CT molecular complexity index is 1060. The fraction of sp³-hybridized carbons (Fsp3) is 0.462. The van der Waals surface area contributed by atoms with Gasteiger partial charge in [0.15, 0.2) is 0 Å². The Labute approximate surface area is 209 Å². The summed E-state index contributed by atoms with van der Waals surface area (Å²) in [4.78, 5) is 27.6. The normalized spacial score (nSPS) is 12.0. The first-order valence-corrected chi connectivity index (χ1v) is 13.9. The molecule has 0 aromatic heterocycles. The highest BCUT2D eigenvalue weighted by Crippen LogP contribution is 2.30. The molecule has 2 amide bonds. The number of amides is 2. The lowest BCUT2D eigenvalue weighted by Crippen LogP contribution is -2.49. The van der Waals surface area contributed by atoms with E-state index >= 15 is 0 Å². The summed E-state index contributed by atoms with van der Waals surface area (Å²) in [6.45, 7) is 6.85. The summed E-state index contributed by atoms with van der Waals surface area (Å²) >= 11 is 0. The van der Waals surface area contributed by atoms with E-state index in [-0.39, 0.29) is 24.8 Å². The number of para-hydroxylation sites is 2. The van der Waals surface area contributed by atoms with E-state index in [4.69, 9.17) is 4.74 Å². The number of nitrogens with zero attached hydrogens (tertiary/aromatic N) is 2. The second kappa shape index (κ2) is 13.7. The van der Waals surface area contributed by atoms with Crippen molar-refractivity contribution in [3.8, 4) is 5.75 Å². The van der Waals surface area contributed by atoms with Crippen LogP contribution in [0.1, 0.15) is 45.6 Å². The number of anilines is 1. The van der Waals surface area contributed by atoms with E-state index in [0.717, 1.165) is 11.8 Å². The number of hydrogen-bond donors (Lipinski definition) is 1. The number of hydrogen-bond acceptors (Lipinski definition) is 5. The van der Waals surface area contributed by atoms with Crippen LogP contribution in [0.25, 0.3) is 0 Å². The van der Waals surface area contributed by atoms with Crippen LogP contribution >= 0.6 is 0 Å². The Morgan fingerprint density at radius 3 is 2.26 bits per heavy atom. The van der Waals surface area contributed by atoms with Crippen molar-refractivity contribution in [2.45, 2.75) is 52.6 Å². The Kier molecular flexibility index (Phi) is 11.0. The summed E-state index contributed by atoms with van der Waals surface area (Å²) in [7, 11) is -3.60. The molecule has 0 heterocycles. The zero-order chi connectivity index (χ0) is 25.8. The molecular weight excluding hydrogens is 466 g/mol. The molecule has 0 radical (unpaired) electrons. The van der Waals surface area contributed by atoms with Gasteiger partial charge in [-0.05, 0) is 44.4 Å². The van der Waals surface area contributed by atoms with E-state index in [0.29, 0.717) is 44.0 Å². The van der Waals surface area contributed by atoms with Gasteiger partial charge < -0.3 is 15.0 Å². The topological polar surface area (TPSA) is 96.0 Å². The highest BCUT2D eigenvalue weighted by Gasteiger charge is 2.28. The van der Waals surface area contributed by atoms with Gasteiger partial charge in [0.25, 0.3) is 0 Å². The molecule has 0 aliphatic heterocycles. The Balaban J connectivity index is 2.21. The molecule has 0 spiro atoms. The van der Waals surface area contributed by atoms with Crippen LogP contribution in [0, 0.1) is 0 Å². The van der Waals surface area contributed by atoms with E-state index in [1.807, 2.05) is 51.1 Å². The van der Waals surface area contributed by atoms with E-state index in [1.54, 1.807) is 29.2 Å². The molecule has 9 heteroatoms. The van der Waals surface area contributed by atoms with Crippen LogP contribution in [0.2, 0.25) is 0 Å². The van der Waals surface area contributed by atoms with Gasteiger partial charge in [0.05, 0.1) is 18.6 Å². The van der Waals surface area contributed by atoms with Crippen molar-refractivity contribution in [3.63, 3.8) is 0 Å². The van der Waals surface area contributed by atoms with Crippen LogP contribution in [-0.2, 0) is 26.2 Å². The SMILES string of the molecule is CCNC(=O)[C@@H](CC)N(Cc1ccccc1)C(=O)CCCN(c1ccccc1OCC)S(C)(=O)=O. The van der Waals surface area contributed by atoms with E-state index in [2.05, 4.69) is 5.32 Å². The van der Waals surface area contributed by atoms with Crippen molar-refractivity contribution in [1.82, 2.24) is 10.2 Å². The Hall–Kier alpha value is -3.07. The number of carbonyl (C=O) groups excluding carboxylic acids is 2. The van der Waals surface area contributed by atoms with Crippen molar-refractivity contribution in [2.24, 2.45) is 0 Å². The van der Waals surface area contributed by atoms with Crippen molar-refractivity contribution in [3.05, 3.63) is 60.2 Å². The molecular formula is C26H37N3O5S. The Morgan fingerprint density at radius 2 is 1.66 bits per heavy atom. The molecule has 2 aromatic carbocycles. The van der Waals surface area contributed by atoms with Gasteiger partial charge >= 0.3 is 0 Å². The number of benzene rings is 2. The summed E-state index contributed by atoms with van der Waals surface area (Å²) in [5.74, 6) is 0.0842. The molecule has 0 bridgehead atoms. The van der Waals surface area contributed by atoms with E-state index < -0.39 is 16.1 Å². The summed E-state index contributed by atoms with van der Waals surface area (Å²) in [6, 6.07) is 15.9. The third-order valence-electron chi connectivity index (χ3n) is 5.52. The fourth-order valence-corrected chi connectivity index (χ4v) is 4.88. The first-order chi connectivity index (χ1) is 16.7. The standard InChI is InChI=1S/C26H37N3O5S/c1-5-22(26(31)27-6-2)28(20-21-14-9-8-10-15-21)25(30)18-13-19-29(35(4,32)33)23-16-11-12-17-24(23)34-7-3/h8-12,14-17,22H,5-7,13,18-20H2,1-4H3,(H,27,31)/t22-/m1/s1. The molecule has 35 heavy (non-hydrogen) atoms. The minimum atomic E-state index is -3.60. The number of carbonyl (C=O) groups is 2. The maximum Gasteiger partial charge on any atom is 0.242 e. The Morgan fingerprint density at radius 1 is 1.00 bits per heavy atom. The smallest absolute Gasteiger partial charge is 0.242 e. The van der Waals surface area contributed by atoms with Gasteiger partial charge in [-0.2, -0.15) is 0 Å². The summed E-state index contributed by atoms with van der Waals surface area (Å²) < 4.78 is 32.0. The fourth-order valence-electron chi connectivity index (χ4n) is 3.91. The van der Waals surface area contributed by atoms with Crippen molar-refractivity contribution < 1.29 is 22.7 Å². The zero-order valence-electron chi connectivity index (χ0n) is 21.1. The number of likely N-dealkylation sites (N-methyl/N-ethyl adjacent to an activating group) is 1. The molecule has 0 aliphatic rings. The quantitative estimate of drug-likeness (QED) is 0.425. The van der Waals surface area contributed by atoms with Crippen LogP contribution in [-0.4, -0.2) is 57.1 Å². The third kappa shape index (κ3) is 8.28. The molecule has 0 aliphatic carbocycles. The van der Waals surface area contributed by atoms with Gasteiger partial charge in [-0.15, -0.1) is 0 Å². The van der Waals surface area contributed by atoms with Crippen LogP contribution in [0.3, 0.4) is 0 Å². The van der Waals surface area contributed by atoms with E-state index in [1.165, 1.54) is 4.31 Å². The first-order valence-electron chi connectivity index (χ1n) is 12.0.